The predicted molar refractivity (Wildman–Crippen MR) is 63.8 cm³/mol. The monoisotopic (exact) mass is 212 g/mol. The summed E-state index contributed by atoms with van der Waals surface area (Å²) in [6.07, 6.45) is 13.6. The SMILES string of the molecule is CCCCCCCCC/C=C/C(=O)OC. The summed E-state index contributed by atoms with van der Waals surface area (Å²) in [7, 11) is 1.40. The van der Waals surface area contributed by atoms with Gasteiger partial charge in [-0.3, -0.25) is 0 Å². The summed E-state index contributed by atoms with van der Waals surface area (Å²) in [5.41, 5.74) is 0. The van der Waals surface area contributed by atoms with E-state index in [4.69, 9.17) is 0 Å². The highest BCUT2D eigenvalue weighted by Crippen LogP contribution is 2.08. The van der Waals surface area contributed by atoms with E-state index in [0.717, 1.165) is 6.42 Å². The van der Waals surface area contributed by atoms with Crippen LogP contribution in [0.5, 0.6) is 0 Å². The number of hydrogen-bond donors (Lipinski definition) is 0. The molecule has 2 nitrogen and oxygen atoms in total. The van der Waals surface area contributed by atoms with Gasteiger partial charge in [0.25, 0.3) is 0 Å². The van der Waals surface area contributed by atoms with E-state index in [2.05, 4.69) is 11.7 Å². The predicted octanol–water partition coefficient (Wildman–Crippen LogP) is 3.86. The Hall–Kier alpha value is -0.790. The highest BCUT2D eigenvalue weighted by atomic mass is 16.5. The lowest BCUT2D eigenvalue weighted by molar-refractivity contribution is -0.134. The van der Waals surface area contributed by atoms with Crippen LogP contribution in [-0.4, -0.2) is 13.1 Å². The van der Waals surface area contributed by atoms with Gasteiger partial charge in [-0.05, 0) is 12.8 Å². The van der Waals surface area contributed by atoms with Crippen molar-refractivity contribution in [2.24, 2.45) is 0 Å². The van der Waals surface area contributed by atoms with Crippen LogP contribution >= 0.6 is 0 Å². The Morgan fingerprint density at radius 2 is 1.67 bits per heavy atom. The molecule has 0 radical (unpaired) electrons. The molecule has 0 saturated carbocycles. The molecule has 0 aliphatic heterocycles. The minimum absolute atomic E-state index is 0.252. The highest BCUT2D eigenvalue weighted by molar-refractivity contribution is 5.81. The number of ether oxygens (including phenoxy) is 1. The van der Waals surface area contributed by atoms with E-state index in [1.165, 1.54) is 58.1 Å². The van der Waals surface area contributed by atoms with E-state index >= 15 is 0 Å². The zero-order valence-corrected chi connectivity index (χ0v) is 10.1. The van der Waals surface area contributed by atoms with Crippen LogP contribution in [0.25, 0.3) is 0 Å². The number of rotatable bonds is 9. The second kappa shape index (κ2) is 11.3. The van der Waals surface area contributed by atoms with Gasteiger partial charge in [0.2, 0.25) is 0 Å². The Morgan fingerprint density at radius 1 is 1.07 bits per heavy atom. The third-order valence-corrected chi connectivity index (χ3v) is 2.43. The van der Waals surface area contributed by atoms with Crippen molar-refractivity contribution in [3.63, 3.8) is 0 Å². The first-order valence-corrected chi connectivity index (χ1v) is 6.05. The number of methoxy groups -OCH3 is 1. The molecule has 0 aliphatic rings. The van der Waals surface area contributed by atoms with Crippen molar-refractivity contribution in [1.29, 1.82) is 0 Å². The molecule has 0 aromatic carbocycles. The smallest absolute Gasteiger partial charge is 0.330 e. The van der Waals surface area contributed by atoms with Gasteiger partial charge in [-0.25, -0.2) is 4.79 Å². The number of hydrogen-bond acceptors (Lipinski definition) is 2. The molecule has 0 saturated heterocycles. The topological polar surface area (TPSA) is 26.3 Å². The van der Waals surface area contributed by atoms with E-state index < -0.39 is 0 Å². The zero-order chi connectivity index (χ0) is 11.4. The van der Waals surface area contributed by atoms with Gasteiger partial charge in [-0.15, -0.1) is 0 Å². The quantitative estimate of drug-likeness (QED) is 0.329. The Labute approximate surface area is 93.7 Å². The molecular weight excluding hydrogens is 188 g/mol. The summed E-state index contributed by atoms with van der Waals surface area (Å²) in [6.45, 7) is 2.23. The largest absolute Gasteiger partial charge is 0.466 e. The Morgan fingerprint density at radius 3 is 2.27 bits per heavy atom. The van der Waals surface area contributed by atoms with Crippen molar-refractivity contribution < 1.29 is 9.53 Å². The molecule has 15 heavy (non-hydrogen) atoms. The molecule has 88 valence electrons. The highest BCUT2D eigenvalue weighted by Gasteiger charge is 1.91. The fraction of sp³-hybridized carbons (Fsp3) is 0.769. The molecule has 0 heterocycles. The van der Waals surface area contributed by atoms with Gasteiger partial charge in [0.15, 0.2) is 0 Å². The summed E-state index contributed by atoms with van der Waals surface area (Å²) < 4.78 is 4.50. The fourth-order valence-corrected chi connectivity index (χ4v) is 1.47. The van der Waals surface area contributed by atoms with Crippen LogP contribution < -0.4 is 0 Å². The first-order chi connectivity index (χ1) is 7.31. The van der Waals surface area contributed by atoms with E-state index in [1.54, 1.807) is 0 Å². The lowest BCUT2D eigenvalue weighted by Crippen LogP contribution is -1.93. The number of esters is 1. The number of carbonyl (C=O) groups excluding carboxylic acids is 1. The Bertz CT molecular complexity index is 173. The van der Waals surface area contributed by atoms with E-state index in [0.29, 0.717) is 0 Å². The van der Waals surface area contributed by atoms with Gasteiger partial charge in [0.05, 0.1) is 7.11 Å². The second-order valence-electron chi connectivity index (χ2n) is 3.84. The van der Waals surface area contributed by atoms with Crippen molar-refractivity contribution in [2.45, 2.75) is 58.3 Å². The Balaban J connectivity index is 3.11. The van der Waals surface area contributed by atoms with Crippen LogP contribution in [-0.2, 0) is 9.53 Å². The van der Waals surface area contributed by atoms with Crippen LogP contribution in [0.15, 0.2) is 12.2 Å². The van der Waals surface area contributed by atoms with Gasteiger partial charge in [0.1, 0.15) is 0 Å². The molecule has 0 unspecified atom stereocenters. The summed E-state index contributed by atoms with van der Waals surface area (Å²) in [4.78, 5) is 10.7. The van der Waals surface area contributed by atoms with Crippen LogP contribution in [0.1, 0.15) is 58.3 Å². The number of carbonyl (C=O) groups is 1. The van der Waals surface area contributed by atoms with Gasteiger partial charge < -0.3 is 4.74 Å². The van der Waals surface area contributed by atoms with E-state index in [1.807, 2.05) is 6.08 Å². The van der Waals surface area contributed by atoms with E-state index in [-0.39, 0.29) is 5.97 Å². The van der Waals surface area contributed by atoms with Crippen molar-refractivity contribution >= 4 is 5.97 Å². The maximum atomic E-state index is 10.7. The first kappa shape index (κ1) is 14.2. The molecule has 0 aromatic rings. The van der Waals surface area contributed by atoms with Gasteiger partial charge in [-0.1, -0.05) is 51.5 Å². The lowest BCUT2D eigenvalue weighted by atomic mass is 10.1. The molecule has 0 aromatic heterocycles. The van der Waals surface area contributed by atoms with Crippen molar-refractivity contribution in [3.8, 4) is 0 Å². The lowest BCUT2D eigenvalue weighted by Gasteiger charge is -1.98. The molecule has 0 fully saturated rings. The summed E-state index contributed by atoms with van der Waals surface area (Å²) in [5, 5.41) is 0. The minimum atomic E-state index is -0.252. The van der Waals surface area contributed by atoms with Crippen LogP contribution in [0.4, 0.5) is 0 Å². The maximum Gasteiger partial charge on any atom is 0.330 e. The second-order valence-corrected chi connectivity index (χ2v) is 3.84. The zero-order valence-electron chi connectivity index (χ0n) is 10.1. The summed E-state index contributed by atoms with van der Waals surface area (Å²) in [6, 6.07) is 0. The normalized spacial score (nSPS) is 10.8. The molecule has 0 aliphatic carbocycles. The maximum absolute atomic E-state index is 10.7. The fourth-order valence-electron chi connectivity index (χ4n) is 1.47. The molecule has 0 N–H and O–H groups in total. The molecule has 0 spiro atoms. The minimum Gasteiger partial charge on any atom is -0.466 e. The van der Waals surface area contributed by atoms with Gasteiger partial charge in [0, 0.05) is 6.08 Å². The standard InChI is InChI=1S/C13H24O2/c1-3-4-5-6-7-8-9-10-11-12-13(14)15-2/h11-12H,3-10H2,1-2H3/b12-11+. The Kier molecular flexibility index (Phi) is 10.7. The molecule has 0 atom stereocenters. The average molecular weight is 212 g/mol. The molecule has 0 bridgehead atoms. The van der Waals surface area contributed by atoms with Crippen molar-refractivity contribution in [3.05, 3.63) is 12.2 Å². The van der Waals surface area contributed by atoms with Crippen molar-refractivity contribution in [2.75, 3.05) is 7.11 Å². The third kappa shape index (κ3) is 11.1. The van der Waals surface area contributed by atoms with Crippen LogP contribution in [0, 0.1) is 0 Å². The van der Waals surface area contributed by atoms with E-state index in [9.17, 15) is 4.79 Å². The van der Waals surface area contributed by atoms with Crippen molar-refractivity contribution in [1.82, 2.24) is 0 Å². The van der Waals surface area contributed by atoms with Crippen LogP contribution in [0.3, 0.4) is 0 Å². The van der Waals surface area contributed by atoms with Gasteiger partial charge in [-0.2, -0.15) is 0 Å². The summed E-state index contributed by atoms with van der Waals surface area (Å²) >= 11 is 0. The molecule has 0 rings (SSSR count). The number of unbranched alkanes of at least 4 members (excludes halogenated alkanes) is 7. The average Bonchev–Trinajstić information content (AvgIpc) is 2.26. The summed E-state index contributed by atoms with van der Waals surface area (Å²) in [5.74, 6) is -0.252. The molecule has 0 amide bonds. The first-order valence-electron chi connectivity index (χ1n) is 6.05. The van der Waals surface area contributed by atoms with Gasteiger partial charge >= 0.3 is 5.97 Å². The van der Waals surface area contributed by atoms with Crippen LogP contribution in [0.2, 0.25) is 0 Å². The third-order valence-electron chi connectivity index (χ3n) is 2.43. The number of allylic oxidation sites excluding steroid dienone is 1. The molecule has 2 heteroatoms. The molecular formula is C13H24O2.